The van der Waals surface area contributed by atoms with E-state index in [1.807, 2.05) is 30.4 Å². The zero-order valence-corrected chi connectivity index (χ0v) is 13.7. The average Bonchev–Trinajstić information content (AvgIpc) is 3.25. The molecule has 120 valence electrons. The molecule has 0 bridgehead atoms. The summed E-state index contributed by atoms with van der Waals surface area (Å²) in [6.45, 7) is 0.889. The molecule has 1 fully saturated rings. The fourth-order valence-electron chi connectivity index (χ4n) is 2.78. The van der Waals surface area contributed by atoms with E-state index in [-0.39, 0.29) is 0 Å². The molecule has 0 spiro atoms. The van der Waals surface area contributed by atoms with Gasteiger partial charge in [0.1, 0.15) is 0 Å². The van der Waals surface area contributed by atoms with Gasteiger partial charge in [0.15, 0.2) is 0 Å². The topological polar surface area (TPSA) is 25.2 Å². The van der Waals surface area contributed by atoms with Crippen LogP contribution in [0.4, 0.5) is 0 Å². The Morgan fingerprint density at radius 2 is 1.48 bits per heavy atom. The van der Waals surface area contributed by atoms with Crippen LogP contribution in [0, 0.1) is 0 Å². The minimum absolute atomic E-state index is 0.861. The summed E-state index contributed by atoms with van der Waals surface area (Å²) < 4.78 is 0. The highest BCUT2D eigenvalue weighted by Crippen LogP contribution is 2.32. The van der Waals surface area contributed by atoms with Crippen LogP contribution in [0.1, 0.15) is 43.6 Å². The summed E-state index contributed by atoms with van der Waals surface area (Å²) in [6.07, 6.45) is 16.4. The minimum Gasteiger partial charge on any atom is -0.289 e. The quantitative estimate of drug-likeness (QED) is 0.688. The second-order valence-electron chi connectivity index (χ2n) is 5.71. The number of pyridine rings is 1. The lowest BCUT2D eigenvalue weighted by Gasteiger charge is -2.21. The van der Waals surface area contributed by atoms with Crippen molar-refractivity contribution in [3.05, 3.63) is 78.6 Å². The van der Waals surface area contributed by atoms with Crippen molar-refractivity contribution in [1.29, 1.82) is 0 Å². The van der Waals surface area contributed by atoms with Crippen molar-refractivity contribution >= 4 is 6.21 Å². The number of nitrogens with zero attached hydrogens (tertiary/aromatic N) is 2. The van der Waals surface area contributed by atoms with E-state index in [9.17, 15) is 0 Å². The Balaban J connectivity index is 0.000000145. The summed E-state index contributed by atoms with van der Waals surface area (Å²) >= 11 is 0. The normalized spacial score (nSPS) is 16.0. The highest BCUT2D eigenvalue weighted by Gasteiger charge is 2.14. The molecule has 0 amide bonds. The maximum absolute atomic E-state index is 3.85. The number of allylic oxidation sites excluding steroid dienone is 1. The molecule has 2 heteroatoms. The molecule has 2 heterocycles. The Morgan fingerprint density at radius 3 is 1.91 bits per heavy atom. The molecule has 0 atom stereocenters. The third-order valence-electron chi connectivity index (χ3n) is 3.98. The van der Waals surface area contributed by atoms with Gasteiger partial charge in [-0.25, -0.2) is 0 Å². The van der Waals surface area contributed by atoms with Crippen molar-refractivity contribution in [2.24, 2.45) is 4.99 Å². The van der Waals surface area contributed by atoms with Crippen LogP contribution in [0.2, 0.25) is 0 Å². The van der Waals surface area contributed by atoms with Crippen molar-refractivity contribution in [2.45, 2.75) is 38.0 Å². The third kappa shape index (κ3) is 7.55. The van der Waals surface area contributed by atoms with E-state index >= 15 is 0 Å². The smallest absolute Gasteiger partial charge is 0.0573 e. The lowest BCUT2D eigenvalue weighted by Crippen LogP contribution is -2.03. The predicted octanol–water partition coefficient (Wildman–Crippen LogP) is 5.44. The Hall–Kier alpha value is -2.22. The molecule has 0 N–H and O–H groups in total. The molecule has 2 aliphatic rings. The highest BCUT2D eigenvalue weighted by atomic mass is 14.7. The number of aliphatic imine (C=N–C) groups is 1. The molecular formula is C21H26N2. The van der Waals surface area contributed by atoms with Crippen LogP contribution in [0.5, 0.6) is 0 Å². The molecular weight excluding hydrogens is 280 g/mol. The van der Waals surface area contributed by atoms with Crippen molar-refractivity contribution in [2.75, 3.05) is 6.54 Å². The van der Waals surface area contributed by atoms with Gasteiger partial charge < -0.3 is 0 Å². The van der Waals surface area contributed by atoms with Gasteiger partial charge in [0.05, 0.1) is 6.54 Å². The first-order valence-corrected chi connectivity index (χ1v) is 8.51. The van der Waals surface area contributed by atoms with Crippen molar-refractivity contribution in [3.8, 4) is 0 Å². The SMILES string of the molecule is C1=CCN=C1.c1ccc(C2CCCCC2)cc1.c1ccncc1. The molecule has 0 radical (unpaired) electrons. The summed E-state index contributed by atoms with van der Waals surface area (Å²) in [4.78, 5) is 7.63. The number of hydrogen-bond acceptors (Lipinski definition) is 2. The first kappa shape index (κ1) is 17.1. The molecule has 1 aromatic carbocycles. The van der Waals surface area contributed by atoms with Crippen LogP contribution in [0.25, 0.3) is 0 Å². The van der Waals surface area contributed by atoms with E-state index in [1.54, 1.807) is 24.2 Å². The van der Waals surface area contributed by atoms with E-state index < -0.39 is 0 Å². The Bertz CT molecular complexity index is 518. The first-order chi connectivity index (χ1) is 11.5. The van der Waals surface area contributed by atoms with Crippen molar-refractivity contribution in [1.82, 2.24) is 4.98 Å². The van der Waals surface area contributed by atoms with Gasteiger partial charge in [-0.15, -0.1) is 0 Å². The zero-order chi connectivity index (χ0) is 16.0. The van der Waals surface area contributed by atoms with E-state index in [0.29, 0.717) is 0 Å². The molecule has 0 saturated heterocycles. The van der Waals surface area contributed by atoms with Crippen LogP contribution in [0.3, 0.4) is 0 Å². The standard InChI is InChI=1S/C12H16.C5H5N.C4H5N/c1-3-7-11(8-4-1)12-9-5-2-6-10-12;1-2-4-6-5-3-1;1-2-4-5-3-1/h1,3-4,7-8,12H,2,5-6,9-10H2;1-5H;1-3H,4H2. The van der Waals surface area contributed by atoms with Crippen LogP contribution in [-0.4, -0.2) is 17.7 Å². The second-order valence-corrected chi connectivity index (χ2v) is 5.71. The molecule has 1 aliphatic heterocycles. The molecule has 23 heavy (non-hydrogen) atoms. The van der Waals surface area contributed by atoms with E-state index in [2.05, 4.69) is 40.3 Å². The van der Waals surface area contributed by atoms with Crippen LogP contribution in [0.15, 0.2) is 78.1 Å². The average molecular weight is 306 g/mol. The predicted molar refractivity (Wildman–Crippen MR) is 99.0 cm³/mol. The fourth-order valence-corrected chi connectivity index (χ4v) is 2.78. The Morgan fingerprint density at radius 1 is 0.783 bits per heavy atom. The molecule has 2 nitrogen and oxygen atoms in total. The van der Waals surface area contributed by atoms with E-state index in [4.69, 9.17) is 0 Å². The number of rotatable bonds is 1. The molecule has 1 saturated carbocycles. The van der Waals surface area contributed by atoms with Crippen LogP contribution < -0.4 is 0 Å². The highest BCUT2D eigenvalue weighted by molar-refractivity contribution is 5.73. The monoisotopic (exact) mass is 306 g/mol. The number of aromatic nitrogens is 1. The number of benzene rings is 1. The molecule has 0 unspecified atom stereocenters. The van der Waals surface area contributed by atoms with Crippen LogP contribution in [-0.2, 0) is 0 Å². The third-order valence-corrected chi connectivity index (χ3v) is 3.98. The summed E-state index contributed by atoms with van der Waals surface area (Å²) in [5.74, 6) is 0.861. The molecule has 1 aliphatic carbocycles. The summed E-state index contributed by atoms with van der Waals surface area (Å²) in [5, 5.41) is 0. The van der Waals surface area contributed by atoms with Gasteiger partial charge in [0.2, 0.25) is 0 Å². The van der Waals surface area contributed by atoms with Gasteiger partial charge in [-0.05, 0) is 42.5 Å². The Labute approximate surface area is 140 Å². The summed E-state index contributed by atoms with van der Waals surface area (Å²) in [7, 11) is 0. The molecule has 2 aromatic rings. The van der Waals surface area contributed by atoms with E-state index in [0.717, 1.165) is 12.5 Å². The largest absolute Gasteiger partial charge is 0.289 e. The lowest BCUT2D eigenvalue weighted by molar-refractivity contribution is 0.443. The maximum Gasteiger partial charge on any atom is 0.0573 e. The lowest BCUT2D eigenvalue weighted by atomic mass is 9.84. The van der Waals surface area contributed by atoms with Gasteiger partial charge in [-0.2, -0.15) is 0 Å². The van der Waals surface area contributed by atoms with Gasteiger partial charge in [0, 0.05) is 18.6 Å². The summed E-state index contributed by atoms with van der Waals surface area (Å²) in [5.41, 5.74) is 1.55. The second kappa shape index (κ2) is 11.4. The maximum atomic E-state index is 3.85. The van der Waals surface area contributed by atoms with Gasteiger partial charge in [-0.1, -0.05) is 61.7 Å². The van der Waals surface area contributed by atoms with Crippen molar-refractivity contribution in [3.63, 3.8) is 0 Å². The molecule has 4 rings (SSSR count). The summed E-state index contributed by atoms with van der Waals surface area (Å²) in [6, 6.07) is 16.7. The fraction of sp³-hybridized carbons (Fsp3) is 0.333. The number of hydrogen-bond donors (Lipinski definition) is 0. The zero-order valence-electron chi connectivity index (χ0n) is 13.7. The van der Waals surface area contributed by atoms with Crippen LogP contribution >= 0.6 is 0 Å². The first-order valence-electron chi connectivity index (χ1n) is 8.51. The van der Waals surface area contributed by atoms with Gasteiger partial charge in [-0.3, -0.25) is 9.98 Å². The minimum atomic E-state index is 0.861. The molecule has 1 aromatic heterocycles. The van der Waals surface area contributed by atoms with Crippen molar-refractivity contribution < 1.29 is 0 Å². The van der Waals surface area contributed by atoms with Gasteiger partial charge >= 0.3 is 0 Å². The van der Waals surface area contributed by atoms with Gasteiger partial charge in [0.25, 0.3) is 0 Å². The van der Waals surface area contributed by atoms with E-state index in [1.165, 1.54) is 32.1 Å². The Kier molecular flexibility index (Phi) is 8.47.